The second-order valence-corrected chi connectivity index (χ2v) is 7.33. The van der Waals surface area contributed by atoms with Crippen LogP contribution in [0.5, 0.6) is 0 Å². The molecule has 4 aromatic rings. The molecule has 0 spiro atoms. The van der Waals surface area contributed by atoms with E-state index in [4.69, 9.17) is 0 Å². The number of benzene rings is 2. The molecule has 0 unspecified atom stereocenters. The van der Waals surface area contributed by atoms with Crippen LogP contribution in [0.15, 0.2) is 65.5 Å². The maximum Gasteiger partial charge on any atom is 0.275 e. The average molecular weight is 377 g/mol. The van der Waals surface area contributed by atoms with E-state index in [0.717, 1.165) is 22.1 Å². The summed E-state index contributed by atoms with van der Waals surface area (Å²) in [7, 11) is 2.03. The molecule has 0 aliphatic heterocycles. The van der Waals surface area contributed by atoms with Crippen LogP contribution in [-0.4, -0.2) is 21.6 Å². The van der Waals surface area contributed by atoms with Crippen molar-refractivity contribution in [2.45, 2.75) is 13.5 Å². The number of aryl methyl sites for hydroxylation is 1. The van der Waals surface area contributed by atoms with Crippen LogP contribution in [0.1, 0.15) is 10.7 Å². The standard InChI is InChI=1S/C20H19N5OS/c1-14-23-25-19(26)12-15(22-20(25)27-14)13-21-17-10-6-7-11-18(17)24(2)16-8-4-3-5-9-16/h3-12,21H,13H2,1-2H3. The molecule has 0 aliphatic rings. The quantitative estimate of drug-likeness (QED) is 0.573. The number of para-hydroxylation sites is 3. The van der Waals surface area contributed by atoms with E-state index in [9.17, 15) is 4.79 Å². The molecule has 6 nitrogen and oxygen atoms in total. The molecule has 0 saturated carbocycles. The van der Waals surface area contributed by atoms with Crippen LogP contribution >= 0.6 is 11.3 Å². The zero-order chi connectivity index (χ0) is 18.8. The third-order valence-corrected chi connectivity index (χ3v) is 5.09. The number of nitrogens with zero attached hydrogens (tertiary/aromatic N) is 4. The molecule has 1 N–H and O–H groups in total. The monoisotopic (exact) mass is 377 g/mol. The summed E-state index contributed by atoms with van der Waals surface area (Å²) in [6.45, 7) is 2.33. The highest BCUT2D eigenvalue weighted by molar-refractivity contribution is 7.16. The summed E-state index contributed by atoms with van der Waals surface area (Å²) >= 11 is 1.41. The lowest BCUT2D eigenvalue weighted by molar-refractivity contribution is 0.863. The first kappa shape index (κ1) is 17.2. The SMILES string of the molecule is Cc1nn2c(=O)cc(CNc3ccccc3N(C)c3ccccc3)nc2s1. The van der Waals surface area contributed by atoms with E-state index < -0.39 is 0 Å². The Kier molecular flexibility index (Phi) is 4.60. The first-order valence-electron chi connectivity index (χ1n) is 8.60. The summed E-state index contributed by atoms with van der Waals surface area (Å²) in [6, 6.07) is 19.8. The second kappa shape index (κ2) is 7.20. The highest BCUT2D eigenvalue weighted by Crippen LogP contribution is 2.30. The minimum atomic E-state index is -0.157. The Hall–Kier alpha value is -3.19. The van der Waals surface area contributed by atoms with E-state index in [1.165, 1.54) is 21.9 Å². The number of rotatable bonds is 5. The summed E-state index contributed by atoms with van der Waals surface area (Å²) in [5, 5.41) is 8.41. The Morgan fingerprint density at radius 1 is 1.11 bits per heavy atom. The van der Waals surface area contributed by atoms with Gasteiger partial charge in [0.2, 0.25) is 4.96 Å². The van der Waals surface area contributed by atoms with E-state index in [1.54, 1.807) is 0 Å². The maximum absolute atomic E-state index is 12.2. The lowest BCUT2D eigenvalue weighted by atomic mass is 10.2. The summed E-state index contributed by atoms with van der Waals surface area (Å²) in [6.07, 6.45) is 0. The molecular formula is C20H19N5OS. The van der Waals surface area contributed by atoms with E-state index >= 15 is 0 Å². The molecule has 27 heavy (non-hydrogen) atoms. The van der Waals surface area contributed by atoms with E-state index in [1.807, 2.05) is 50.4 Å². The van der Waals surface area contributed by atoms with Crippen molar-refractivity contribution in [3.05, 3.63) is 81.7 Å². The van der Waals surface area contributed by atoms with Crippen molar-refractivity contribution in [3.63, 3.8) is 0 Å². The normalized spacial score (nSPS) is 10.9. The van der Waals surface area contributed by atoms with Crippen LogP contribution < -0.4 is 15.8 Å². The Labute approximate surface area is 160 Å². The van der Waals surface area contributed by atoms with Crippen molar-refractivity contribution in [1.82, 2.24) is 14.6 Å². The van der Waals surface area contributed by atoms with Crippen LogP contribution in [0.25, 0.3) is 4.96 Å². The van der Waals surface area contributed by atoms with Gasteiger partial charge in [0.05, 0.1) is 23.6 Å². The van der Waals surface area contributed by atoms with Crippen molar-refractivity contribution in [1.29, 1.82) is 0 Å². The van der Waals surface area contributed by atoms with Crippen LogP contribution in [0, 0.1) is 6.92 Å². The van der Waals surface area contributed by atoms with Gasteiger partial charge in [0.15, 0.2) is 0 Å². The molecule has 0 bridgehead atoms. The molecule has 4 rings (SSSR count). The Balaban J connectivity index is 1.60. The lowest BCUT2D eigenvalue weighted by Gasteiger charge is -2.23. The van der Waals surface area contributed by atoms with Crippen LogP contribution in [0.4, 0.5) is 17.1 Å². The van der Waals surface area contributed by atoms with Crippen LogP contribution in [0.3, 0.4) is 0 Å². The predicted molar refractivity (Wildman–Crippen MR) is 110 cm³/mol. The first-order chi connectivity index (χ1) is 13.1. The molecule has 0 amide bonds. The number of fused-ring (bicyclic) bond motifs is 1. The zero-order valence-corrected chi connectivity index (χ0v) is 15.9. The van der Waals surface area contributed by atoms with Crippen molar-refractivity contribution in [2.24, 2.45) is 0 Å². The molecule has 2 heterocycles. The molecule has 2 aromatic carbocycles. The number of hydrogen-bond donors (Lipinski definition) is 1. The van der Waals surface area contributed by atoms with E-state index in [-0.39, 0.29) is 5.56 Å². The van der Waals surface area contributed by atoms with Gasteiger partial charge in [0.25, 0.3) is 5.56 Å². The Morgan fingerprint density at radius 3 is 2.67 bits per heavy atom. The molecule has 0 fully saturated rings. The Morgan fingerprint density at radius 2 is 1.85 bits per heavy atom. The highest BCUT2D eigenvalue weighted by Gasteiger charge is 2.10. The van der Waals surface area contributed by atoms with Gasteiger partial charge in [-0.1, -0.05) is 41.7 Å². The number of hydrogen-bond acceptors (Lipinski definition) is 6. The highest BCUT2D eigenvalue weighted by atomic mass is 32.1. The van der Waals surface area contributed by atoms with Gasteiger partial charge >= 0.3 is 0 Å². The van der Waals surface area contributed by atoms with Crippen LogP contribution in [0.2, 0.25) is 0 Å². The van der Waals surface area contributed by atoms with Crippen molar-refractivity contribution in [2.75, 3.05) is 17.3 Å². The first-order valence-corrected chi connectivity index (χ1v) is 9.41. The summed E-state index contributed by atoms with van der Waals surface area (Å²) in [4.78, 5) is 19.5. The molecule has 0 saturated heterocycles. The average Bonchev–Trinajstić information content (AvgIpc) is 3.07. The summed E-state index contributed by atoms with van der Waals surface area (Å²) in [5.74, 6) is 0. The topological polar surface area (TPSA) is 62.5 Å². The molecule has 136 valence electrons. The third kappa shape index (κ3) is 3.54. The molecular weight excluding hydrogens is 358 g/mol. The number of aromatic nitrogens is 3. The summed E-state index contributed by atoms with van der Waals surface area (Å²) < 4.78 is 1.35. The zero-order valence-electron chi connectivity index (χ0n) is 15.1. The van der Waals surface area contributed by atoms with Crippen molar-refractivity contribution in [3.8, 4) is 0 Å². The third-order valence-electron chi connectivity index (χ3n) is 4.27. The van der Waals surface area contributed by atoms with Gasteiger partial charge in [-0.15, -0.1) is 0 Å². The van der Waals surface area contributed by atoms with Gasteiger partial charge in [0.1, 0.15) is 5.01 Å². The van der Waals surface area contributed by atoms with Gasteiger partial charge in [-0.05, 0) is 31.2 Å². The van der Waals surface area contributed by atoms with Gasteiger partial charge in [0, 0.05) is 18.8 Å². The Bertz CT molecular complexity index is 1140. The van der Waals surface area contributed by atoms with Crippen molar-refractivity contribution < 1.29 is 0 Å². The van der Waals surface area contributed by atoms with Gasteiger partial charge in [-0.3, -0.25) is 4.79 Å². The van der Waals surface area contributed by atoms with E-state index in [2.05, 4.69) is 38.5 Å². The smallest absolute Gasteiger partial charge is 0.275 e. The molecule has 0 radical (unpaired) electrons. The largest absolute Gasteiger partial charge is 0.378 e. The van der Waals surface area contributed by atoms with Gasteiger partial charge < -0.3 is 10.2 Å². The van der Waals surface area contributed by atoms with Crippen molar-refractivity contribution >= 4 is 33.4 Å². The lowest BCUT2D eigenvalue weighted by Crippen LogP contribution is -2.17. The summed E-state index contributed by atoms with van der Waals surface area (Å²) in [5.41, 5.74) is 3.67. The minimum absolute atomic E-state index is 0.157. The second-order valence-electron chi connectivity index (χ2n) is 6.17. The predicted octanol–water partition coefficient (Wildman–Crippen LogP) is 3.84. The molecule has 7 heteroatoms. The fourth-order valence-electron chi connectivity index (χ4n) is 2.93. The molecule has 2 aromatic heterocycles. The maximum atomic E-state index is 12.2. The van der Waals surface area contributed by atoms with Gasteiger partial charge in [-0.2, -0.15) is 9.61 Å². The molecule has 0 atom stereocenters. The molecule has 0 aliphatic carbocycles. The minimum Gasteiger partial charge on any atom is -0.378 e. The number of anilines is 3. The van der Waals surface area contributed by atoms with E-state index in [0.29, 0.717) is 17.2 Å². The van der Waals surface area contributed by atoms with Gasteiger partial charge in [-0.25, -0.2) is 4.98 Å². The fraction of sp³-hybridized carbons (Fsp3) is 0.150. The number of nitrogens with one attached hydrogen (secondary N) is 1. The van der Waals surface area contributed by atoms with Crippen LogP contribution in [-0.2, 0) is 6.54 Å². The fourth-order valence-corrected chi connectivity index (χ4v) is 3.70.